The lowest BCUT2D eigenvalue weighted by Gasteiger charge is -2.16. The van der Waals surface area contributed by atoms with Gasteiger partial charge in [-0.1, -0.05) is 37.8 Å². The van der Waals surface area contributed by atoms with E-state index >= 15 is 0 Å². The topological polar surface area (TPSA) is 74.6 Å². The summed E-state index contributed by atoms with van der Waals surface area (Å²) in [5.41, 5.74) is 3.08. The van der Waals surface area contributed by atoms with Crippen LogP contribution in [0.25, 0.3) is 22.0 Å². The highest BCUT2D eigenvalue weighted by Gasteiger charge is 2.16. The predicted octanol–water partition coefficient (Wildman–Crippen LogP) is 6.60. The number of benzene rings is 3. The molecule has 1 heterocycles. The van der Waals surface area contributed by atoms with Gasteiger partial charge in [-0.25, -0.2) is 18.3 Å². The molecular formula is C30H35F2N3O4Si. The molecule has 0 spiro atoms. The van der Waals surface area contributed by atoms with Crippen LogP contribution < -0.4 is 10.1 Å². The highest BCUT2D eigenvalue weighted by molar-refractivity contribution is 6.76. The number of halogens is 2. The van der Waals surface area contributed by atoms with Gasteiger partial charge in [0.25, 0.3) is 0 Å². The Morgan fingerprint density at radius 1 is 1.07 bits per heavy atom. The van der Waals surface area contributed by atoms with Gasteiger partial charge in [0, 0.05) is 26.8 Å². The van der Waals surface area contributed by atoms with Crippen LogP contribution in [0.1, 0.15) is 22.8 Å². The zero-order valence-electron chi connectivity index (χ0n) is 23.3. The minimum atomic E-state index is -1.22. The Hall–Kier alpha value is -3.60. The number of nitrogens with zero attached hydrogens (tertiary/aromatic N) is 2. The summed E-state index contributed by atoms with van der Waals surface area (Å²) >= 11 is 0. The van der Waals surface area contributed by atoms with Gasteiger partial charge >= 0.3 is 5.97 Å². The first-order valence-electron chi connectivity index (χ1n) is 13.3. The van der Waals surface area contributed by atoms with E-state index in [1.807, 2.05) is 6.92 Å². The smallest absolute Gasteiger partial charge is 0.339 e. The standard InChI is InChI=1S/C30H35F2N3O4Si/c1-5-38-28-16-22(9-11-25(28)21-7-6-8-24(31)15-21)30(36)39-19-33-17-23-10-12-27(32)26-18-34-35(29(23)26)20-37-13-14-40(2,3)4/h6-12,15-16,18,33H,5,13-14,17,19-20H2,1-4H3. The van der Waals surface area contributed by atoms with E-state index in [0.717, 1.165) is 11.6 Å². The number of nitrogens with one attached hydrogen (secondary N) is 1. The van der Waals surface area contributed by atoms with Gasteiger partial charge in [0.1, 0.15) is 30.8 Å². The molecule has 0 aliphatic heterocycles. The summed E-state index contributed by atoms with van der Waals surface area (Å²) in [7, 11) is -1.22. The highest BCUT2D eigenvalue weighted by atomic mass is 28.3. The van der Waals surface area contributed by atoms with Crippen molar-refractivity contribution in [3.05, 3.63) is 83.6 Å². The molecule has 0 saturated carbocycles. The lowest BCUT2D eigenvalue weighted by atomic mass is 10.0. The zero-order valence-corrected chi connectivity index (χ0v) is 24.3. The van der Waals surface area contributed by atoms with E-state index in [-0.39, 0.29) is 25.1 Å². The van der Waals surface area contributed by atoms with Crippen LogP contribution in [0.5, 0.6) is 5.75 Å². The van der Waals surface area contributed by atoms with Crippen molar-refractivity contribution in [2.24, 2.45) is 0 Å². The van der Waals surface area contributed by atoms with Crippen molar-refractivity contribution in [1.82, 2.24) is 15.1 Å². The second-order valence-electron chi connectivity index (χ2n) is 10.6. The SMILES string of the molecule is CCOc1cc(C(=O)OCNCc2ccc(F)c3cnn(COCC[Si](C)(C)C)c23)ccc1-c1cccc(F)c1. The highest BCUT2D eigenvalue weighted by Crippen LogP contribution is 2.32. The van der Waals surface area contributed by atoms with Crippen LogP contribution in [0.2, 0.25) is 25.7 Å². The first-order chi connectivity index (χ1) is 19.2. The second-order valence-corrected chi connectivity index (χ2v) is 16.2. The van der Waals surface area contributed by atoms with Crippen molar-refractivity contribution in [2.75, 3.05) is 19.9 Å². The number of rotatable bonds is 13. The average Bonchev–Trinajstić information content (AvgIpc) is 3.35. The quantitative estimate of drug-likeness (QED) is 0.0850. The van der Waals surface area contributed by atoms with E-state index in [1.54, 1.807) is 41.1 Å². The maximum atomic E-state index is 14.4. The molecule has 0 bridgehead atoms. The van der Waals surface area contributed by atoms with Gasteiger partial charge in [-0.2, -0.15) is 5.10 Å². The van der Waals surface area contributed by atoms with Gasteiger partial charge in [0.2, 0.25) is 0 Å². The second kappa shape index (κ2) is 13.2. The van der Waals surface area contributed by atoms with Gasteiger partial charge in [0.05, 0.1) is 29.3 Å². The van der Waals surface area contributed by atoms with Crippen LogP contribution in [0.3, 0.4) is 0 Å². The summed E-state index contributed by atoms with van der Waals surface area (Å²) in [6.45, 7) is 10.2. The number of aromatic nitrogens is 2. The third-order valence-electron chi connectivity index (χ3n) is 6.32. The number of fused-ring (bicyclic) bond motifs is 1. The van der Waals surface area contributed by atoms with E-state index in [2.05, 4.69) is 30.1 Å². The van der Waals surface area contributed by atoms with Gasteiger partial charge < -0.3 is 14.2 Å². The normalized spacial score (nSPS) is 11.7. The number of carbonyl (C=O) groups is 1. The monoisotopic (exact) mass is 567 g/mol. The molecule has 212 valence electrons. The van der Waals surface area contributed by atoms with Gasteiger partial charge in [0.15, 0.2) is 0 Å². The third kappa shape index (κ3) is 7.53. The van der Waals surface area contributed by atoms with E-state index in [0.29, 0.717) is 53.1 Å². The number of ether oxygens (including phenoxy) is 3. The summed E-state index contributed by atoms with van der Waals surface area (Å²) in [5.74, 6) is -0.787. The number of esters is 1. The van der Waals surface area contributed by atoms with Gasteiger partial charge in [-0.05, 0) is 60.5 Å². The first-order valence-corrected chi connectivity index (χ1v) is 17.0. The summed E-state index contributed by atoms with van der Waals surface area (Å²) < 4.78 is 46.8. The summed E-state index contributed by atoms with van der Waals surface area (Å²) in [4.78, 5) is 12.7. The molecule has 0 unspecified atom stereocenters. The molecule has 1 aromatic heterocycles. The van der Waals surface area contributed by atoms with Crippen LogP contribution in [0.15, 0.2) is 60.8 Å². The maximum absolute atomic E-state index is 14.4. The zero-order chi connectivity index (χ0) is 28.7. The Bertz CT molecular complexity index is 1470. The molecule has 0 fully saturated rings. The molecular weight excluding hydrogens is 532 g/mol. The Labute approximate surface area is 234 Å². The molecule has 0 amide bonds. The van der Waals surface area contributed by atoms with Crippen molar-refractivity contribution < 1.29 is 27.8 Å². The van der Waals surface area contributed by atoms with Crippen LogP contribution >= 0.6 is 0 Å². The number of hydrogen-bond donors (Lipinski definition) is 1. The van der Waals surface area contributed by atoms with Crippen LogP contribution in [0, 0.1) is 11.6 Å². The summed E-state index contributed by atoms with van der Waals surface area (Å²) in [5, 5.41) is 7.82. The molecule has 3 aromatic carbocycles. The molecule has 0 saturated heterocycles. The van der Waals surface area contributed by atoms with E-state index in [4.69, 9.17) is 14.2 Å². The van der Waals surface area contributed by atoms with Crippen molar-refractivity contribution in [2.45, 2.75) is 45.9 Å². The Morgan fingerprint density at radius 2 is 1.90 bits per heavy atom. The largest absolute Gasteiger partial charge is 0.493 e. The van der Waals surface area contributed by atoms with Crippen molar-refractivity contribution in [3.8, 4) is 16.9 Å². The Kier molecular flexibility index (Phi) is 9.67. The van der Waals surface area contributed by atoms with Crippen molar-refractivity contribution in [1.29, 1.82) is 0 Å². The van der Waals surface area contributed by atoms with Gasteiger partial charge in [-0.15, -0.1) is 0 Å². The molecule has 4 rings (SSSR count). The Balaban J connectivity index is 1.38. The fourth-order valence-electron chi connectivity index (χ4n) is 4.22. The van der Waals surface area contributed by atoms with Crippen molar-refractivity contribution in [3.63, 3.8) is 0 Å². The first kappa shape index (κ1) is 29.4. The summed E-state index contributed by atoms with van der Waals surface area (Å²) in [6.07, 6.45) is 1.50. The molecule has 1 N–H and O–H groups in total. The van der Waals surface area contributed by atoms with E-state index in [1.165, 1.54) is 24.4 Å². The molecule has 4 aromatic rings. The predicted molar refractivity (Wildman–Crippen MR) is 154 cm³/mol. The summed E-state index contributed by atoms with van der Waals surface area (Å²) in [6, 6.07) is 15.2. The van der Waals surface area contributed by atoms with Crippen LogP contribution in [0.4, 0.5) is 8.78 Å². The lowest BCUT2D eigenvalue weighted by Crippen LogP contribution is -2.22. The number of hydrogen-bond acceptors (Lipinski definition) is 6. The number of carbonyl (C=O) groups excluding carboxylic acids is 1. The van der Waals surface area contributed by atoms with Gasteiger partial charge in [-0.3, -0.25) is 5.32 Å². The van der Waals surface area contributed by atoms with E-state index < -0.39 is 14.0 Å². The fourth-order valence-corrected chi connectivity index (χ4v) is 4.97. The maximum Gasteiger partial charge on any atom is 0.339 e. The average molecular weight is 568 g/mol. The molecule has 0 aliphatic rings. The van der Waals surface area contributed by atoms with Crippen LogP contribution in [-0.2, 0) is 22.7 Å². The van der Waals surface area contributed by atoms with E-state index in [9.17, 15) is 13.6 Å². The molecule has 0 atom stereocenters. The fraction of sp³-hybridized carbons (Fsp3) is 0.333. The minimum Gasteiger partial charge on any atom is -0.493 e. The molecule has 40 heavy (non-hydrogen) atoms. The molecule has 0 aliphatic carbocycles. The van der Waals surface area contributed by atoms with Crippen molar-refractivity contribution >= 4 is 24.9 Å². The van der Waals surface area contributed by atoms with Crippen LogP contribution in [-0.4, -0.2) is 43.8 Å². The minimum absolute atomic E-state index is 0.0613. The molecule has 0 radical (unpaired) electrons. The Morgan fingerprint density at radius 3 is 2.65 bits per heavy atom. The molecule has 10 heteroatoms. The third-order valence-corrected chi connectivity index (χ3v) is 8.02. The molecule has 7 nitrogen and oxygen atoms in total. The lowest BCUT2D eigenvalue weighted by molar-refractivity contribution is 0.0470.